The van der Waals surface area contributed by atoms with Crippen molar-refractivity contribution in [2.24, 2.45) is 0 Å². The molecule has 1 rings (SSSR count). The number of hydrogen-bond acceptors (Lipinski definition) is 3. The fourth-order valence-corrected chi connectivity index (χ4v) is 1.67. The van der Waals surface area contributed by atoms with Crippen LogP contribution >= 0.6 is 22.9 Å². The molecule has 0 saturated heterocycles. The molecular formula is C7H5ClO3S. The lowest BCUT2D eigenvalue weighted by atomic mass is 10.2. The predicted molar refractivity (Wildman–Crippen MR) is 45.9 cm³/mol. The molecule has 1 aromatic heterocycles. The van der Waals surface area contributed by atoms with E-state index in [9.17, 15) is 9.59 Å². The van der Waals surface area contributed by atoms with Crippen molar-refractivity contribution in [2.45, 2.75) is 6.42 Å². The number of carbonyl (C=O) groups excluding carboxylic acids is 1. The zero-order valence-corrected chi connectivity index (χ0v) is 7.48. The molecular weight excluding hydrogens is 200 g/mol. The molecule has 1 aromatic rings. The maximum Gasteiger partial charge on any atom is 0.311 e. The Labute approximate surface area is 77.6 Å². The van der Waals surface area contributed by atoms with Gasteiger partial charge in [-0.25, -0.2) is 0 Å². The fraction of sp³-hybridized carbons (Fsp3) is 0.143. The minimum absolute atomic E-state index is 0.391. The standard InChI is InChI=1S/C7H5ClO3S/c8-6-2-1-5(12-6)4(9)3-7(10)11/h1-2H,3H2,(H,10,11). The molecule has 0 spiro atoms. The number of Topliss-reactive ketones (excluding diaryl/α,β-unsaturated/α-hetero) is 1. The van der Waals surface area contributed by atoms with Gasteiger partial charge in [-0.15, -0.1) is 11.3 Å². The zero-order valence-electron chi connectivity index (χ0n) is 5.91. The summed E-state index contributed by atoms with van der Waals surface area (Å²) in [7, 11) is 0. The van der Waals surface area contributed by atoms with Gasteiger partial charge in [0.15, 0.2) is 5.78 Å². The molecule has 3 nitrogen and oxygen atoms in total. The molecule has 1 N–H and O–H groups in total. The normalized spacial score (nSPS) is 9.75. The molecule has 0 radical (unpaired) electrons. The first-order chi connectivity index (χ1) is 5.59. The molecule has 0 aliphatic heterocycles. The first kappa shape index (κ1) is 9.22. The van der Waals surface area contributed by atoms with Crippen LogP contribution in [0.2, 0.25) is 4.34 Å². The molecule has 0 saturated carbocycles. The fourth-order valence-electron chi connectivity index (χ4n) is 0.689. The van der Waals surface area contributed by atoms with Gasteiger partial charge in [0.25, 0.3) is 0 Å². The zero-order chi connectivity index (χ0) is 9.14. The first-order valence-electron chi connectivity index (χ1n) is 3.10. The van der Waals surface area contributed by atoms with E-state index in [0.717, 1.165) is 11.3 Å². The second kappa shape index (κ2) is 3.69. The summed E-state index contributed by atoms with van der Waals surface area (Å²) in [6, 6.07) is 3.10. The van der Waals surface area contributed by atoms with Crippen molar-refractivity contribution in [3.8, 4) is 0 Å². The Balaban J connectivity index is 2.72. The number of carboxylic acid groups (broad SMARTS) is 1. The van der Waals surface area contributed by atoms with Crippen LogP contribution in [0.25, 0.3) is 0 Å². The lowest BCUT2D eigenvalue weighted by molar-refractivity contribution is -0.135. The molecule has 5 heteroatoms. The maximum atomic E-state index is 11.0. The molecule has 0 atom stereocenters. The van der Waals surface area contributed by atoms with Crippen molar-refractivity contribution in [3.63, 3.8) is 0 Å². The Morgan fingerprint density at radius 2 is 2.17 bits per heavy atom. The highest BCUT2D eigenvalue weighted by molar-refractivity contribution is 7.18. The highest BCUT2D eigenvalue weighted by Crippen LogP contribution is 2.22. The summed E-state index contributed by atoms with van der Waals surface area (Å²) >= 11 is 6.65. The second-order valence-electron chi connectivity index (χ2n) is 2.10. The number of thiophene rings is 1. The van der Waals surface area contributed by atoms with E-state index in [1.165, 1.54) is 6.07 Å². The Bertz CT molecular complexity index is 318. The van der Waals surface area contributed by atoms with Gasteiger partial charge in [0.2, 0.25) is 0 Å². The third-order valence-corrected chi connectivity index (χ3v) is 2.43. The highest BCUT2D eigenvalue weighted by atomic mass is 35.5. The lowest BCUT2D eigenvalue weighted by Gasteiger charge is -1.89. The van der Waals surface area contributed by atoms with Crippen molar-refractivity contribution >= 4 is 34.7 Å². The van der Waals surface area contributed by atoms with Crippen molar-refractivity contribution in [1.29, 1.82) is 0 Å². The summed E-state index contributed by atoms with van der Waals surface area (Å²) in [5, 5.41) is 8.30. The molecule has 0 bridgehead atoms. The van der Waals surface area contributed by atoms with Crippen LogP contribution in [0.3, 0.4) is 0 Å². The van der Waals surface area contributed by atoms with E-state index < -0.39 is 18.2 Å². The summed E-state index contributed by atoms with van der Waals surface area (Å²) < 4.78 is 0.490. The van der Waals surface area contributed by atoms with Crippen LogP contribution in [-0.2, 0) is 4.79 Å². The van der Waals surface area contributed by atoms with Crippen LogP contribution in [0, 0.1) is 0 Å². The van der Waals surface area contributed by atoms with Gasteiger partial charge < -0.3 is 5.11 Å². The Kier molecular flexibility index (Phi) is 2.83. The molecule has 0 aromatic carbocycles. The van der Waals surface area contributed by atoms with E-state index >= 15 is 0 Å². The van der Waals surface area contributed by atoms with Crippen LogP contribution in [0.4, 0.5) is 0 Å². The highest BCUT2D eigenvalue weighted by Gasteiger charge is 2.12. The molecule has 0 aliphatic rings. The van der Waals surface area contributed by atoms with E-state index in [4.69, 9.17) is 16.7 Å². The van der Waals surface area contributed by atoms with Gasteiger partial charge >= 0.3 is 5.97 Å². The van der Waals surface area contributed by atoms with Crippen LogP contribution in [0.1, 0.15) is 16.1 Å². The molecule has 0 unspecified atom stereocenters. The summed E-state index contributed by atoms with van der Waals surface area (Å²) in [5.41, 5.74) is 0. The van der Waals surface area contributed by atoms with Crippen LogP contribution < -0.4 is 0 Å². The van der Waals surface area contributed by atoms with Gasteiger partial charge in [0.05, 0.1) is 9.21 Å². The number of hydrogen-bond donors (Lipinski definition) is 1. The Morgan fingerprint density at radius 3 is 2.58 bits per heavy atom. The minimum Gasteiger partial charge on any atom is -0.481 e. The minimum atomic E-state index is -1.12. The predicted octanol–water partition coefficient (Wildman–Crippen LogP) is 2.06. The monoisotopic (exact) mass is 204 g/mol. The van der Waals surface area contributed by atoms with Crippen molar-refractivity contribution in [2.75, 3.05) is 0 Å². The topological polar surface area (TPSA) is 54.4 Å². The number of carbonyl (C=O) groups is 2. The van der Waals surface area contributed by atoms with Gasteiger partial charge in [0, 0.05) is 0 Å². The lowest BCUT2D eigenvalue weighted by Crippen LogP contribution is -2.04. The average Bonchev–Trinajstić information content (AvgIpc) is 2.34. The third kappa shape index (κ3) is 2.32. The quantitative estimate of drug-likeness (QED) is 0.606. The molecule has 0 amide bonds. The Hall–Kier alpha value is -0.870. The van der Waals surface area contributed by atoms with Gasteiger partial charge in [-0.05, 0) is 12.1 Å². The van der Waals surface area contributed by atoms with E-state index in [-0.39, 0.29) is 0 Å². The summed E-state index contributed by atoms with van der Waals surface area (Å²) in [4.78, 5) is 21.6. The van der Waals surface area contributed by atoms with Crippen LogP contribution in [0.5, 0.6) is 0 Å². The smallest absolute Gasteiger partial charge is 0.311 e. The van der Waals surface area contributed by atoms with Crippen LogP contribution in [0.15, 0.2) is 12.1 Å². The molecule has 0 aliphatic carbocycles. The van der Waals surface area contributed by atoms with E-state index in [0.29, 0.717) is 9.21 Å². The molecule has 1 heterocycles. The van der Waals surface area contributed by atoms with Gasteiger partial charge in [-0.1, -0.05) is 11.6 Å². The largest absolute Gasteiger partial charge is 0.481 e. The number of halogens is 1. The van der Waals surface area contributed by atoms with E-state index in [1.54, 1.807) is 6.07 Å². The summed E-state index contributed by atoms with van der Waals surface area (Å²) in [6.45, 7) is 0. The second-order valence-corrected chi connectivity index (χ2v) is 3.81. The van der Waals surface area contributed by atoms with E-state index in [1.807, 2.05) is 0 Å². The average molecular weight is 205 g/mol. The van der Waals surface area contributed by atoms with Gasteiger partial charge in [-0.2, -0.15) is 0 Å². The van der Waals surface area contributed by atoms with E-state index in [2.05, 4.69) is 0 Å². The Morgan fingerprint density at radius 1 is 1.50 bits per heavy atom. The molecule has 0 fully saturated rings. The molecule has 64 valence electrons. The number of aliphatic carboxylic acids is 1. The van der Waals surface area contributed by atoms with Crippen molar-refractivity contribution < 1.29 is 14.7 Å². The third-order valence-electron chi connectivity index (χ3n) is 1.16. The molecule has 12 heavy (non-hydrogen) atoms. The SMILES string of the molecule is O=C(O)CC(=O)c1ccc(Cl)s1. The summed E-state index contributed by atoms with van der Waals surface area (Å²) in [6.07, 6.45) is -0.475. The van der Waals surface area contributed by atoms with Crippen molar-refractivity contribution in [3.05, 3.63) is 21.3 Å². The summed E-state index contributed by atoms with van der Waals surface area (Å²) in [5.74, 6) is -1.52. The van der Waals surface area contributed by atoms with Crippen LogP contribution in [-0.4, -0.2) is 16.9 Å². The number of rotatable bonds is 3. The number of ketones is 1. The maximum absolute atomic E-state index is 11.0. The van der Waals surface area contributed by atoms with Crippen molar-refractivity contribution in [1.82, 2.24) is 0 Å². The van der Waals surface area contributed by atoms with Gasteiger partial charge in [0.1, 0.15) is 6.42 Å². The van der Waals surface area contributed by atoms with Gasteiger partial charge in [-0.3, -0.25) is 9.59 Å². The number of carboxylic acids is 1. The first-order valence-corrected chi connectivity index (χ1v) is 4.29.